The van der Waals surface area contributed by atoms with Crippen molar-refractivity contribution in [2.75, 3.05) is 11.9 Å². The highest BCUT2D eigenvalue weighted by atomic mass is 32.2. The third-order valence-electron chi connectivity index (χ3n) is 4.73. The summed E-state index contributed by atoms with van der Waals surface area (Å²) in [6.45, 7) is 1.87. The zero-order valence-electron chi connectivity index (χ0n) is 15.6. The molecule has 1 N–H and O–H groups in total. The largest absolute Gasteiger partial charge is 0.483 e. The molecule has 2 aromatic rings. The van der Waals surface area contributed by atoms with Crippen molar-refractivity contribution in [3.63, 3.8) is 0 Å². The smallest absolute Gasteiger partial charge is 0.262 e. The zero-order chi connectivity index (χ0) is 19.1. The molecule has 1 aliphatic carbocycles. The Morgan fingerprint density at radius 3 is 2.70 bits per heavy atom. The Bertz CT molecular complexity index is 800. The van der Waals surface area contributed by atoms with Gasteiger partial charge < -0.3 is 10.1 Å². The minimum Gasteiger partial charge on any atom is -0.483 e. The second kappa shape index (κ2) is 9.60. The number of amides is 1. The minimum absolute atomic E-state index is 0.136. The summed E-state index contributed by atoms with van der Waals surface area (Å²) < 4.78 is 5.48. The molecule has 0 heterocycles. The summed E-state index contributed by atoms with van der Waals surface area (Å²) in [5.74, 6) is 0.171. The van der Waals surface area contributed by atoms with E-state index >= 15 is 0 Å². The van der Waals surface area contributed by atoms with Crippen LogP contribution in [0.5, 0.6) is 5.75 Å². The fourth-order valence-electron chi connectivity index (χ4n) is 3.26. The van der Waals surface area contributed by atoms with Gasteiger partial charge in [-0.05, 0) is 55.7 Å². The Balaban J connectivity index is 1.55. The Morgan fingerprint density at radius 2 is 1.96 bits per heavy atom. The second-order valence-electron chi connectivity index (χ2n) is 6.85. The molecule has 142 valence electrons. The number of aldehydes is 1. The Kier molecular flexibility index (Phi) is 6.93. The van der Waals surface area contributed by atoms with Crippen molar-refractivity contribution in [2.45, 2.75) is 49.2 Å². The Hall–Kier alpha value is -2.27. The number of carbonyl (C=O) groups is 2. The van der Waals surface area contributed by atoms with E-state index in [4.69, 9.17) is 4.74 Å². The second-order valence-corrected chi connectivity index (χ2v) is 8.22. The molecule has 0 saturated heterocycles. The van der Waals surface area contributed by atoms with E-state index in [0.29, 0.717) is 16.6 Å². The van der Waals surface area contributed by atoms with Crippen molar-refractivity contribution in [2.24, 2.45) is 0 Å². The van der Waals surface area contributed by atoms with Crippen LogP contribution in [-0.4, -0.2) is 24.1 Å². The minimum atomic E-state index is -0.244. The average molecular weight is 384 g/mol. The van der Waals surface area contributed by atoms with Crippen molar-refractivity contribution >= 4 is 29.6 Å². The fraction of sp³-hybridized carbons (Fsp3) is 0.364. The van der Waals surface area contributed by atoms with E-state index in [-0.39, 0.29) is 12.5 Å². The predicted molar refractivity (Wildman–Crippen MR) is 110 cm³/mol. The number of nitrogens with one attached hydrogen (secondary N) is 1. The number of ether oxygens (including phenoxy) is 1. The van der Waals surface area contributed by atoms with Crippen LogP contribution in [0.4, 0.5) is 5.69 Å². The molecule has 27 heavy (non-hydrogen) atoms. The van der Waals surface area contributed by atoms with Gasteiger partial charge in [0.05, 0.1) is 5.56 Å². The first-order valence-corrected chi connectivity index (χ1v) is 10.3. The van der Waals surface area contributed by atoms with Gasteiger partial charge in [-0.1, -0.05) is 31.4 Å². The fourth-order valence-corrected chi connectivity index (χ4v) is 4.61. The maximum absolute atomic E-state index is 12.2. The number of aryl methyl sites for hydroxylation is 1. The SMILES string of the molecule is Cc1cc(SC2CCCCC2)ccc1NC(=O)COc1ccccc1C=O. The zero-order valence-corrected chi connectivity index (χ0v) is 16.4. The number of hydrogen-bond donors (Lipinski definition) is 1. The first-order chi connectivity index (χ1) is 13.2. The molecule has 0 bridgehead atoms. The summed E-state index contributed by atoms with van der Waals surface area (Å²) in [6, 6.07) is 13.0. The van der Waals surface area contributed by atoms with Gasteiger partial charge in [0.2, 0.25) is 0 Å². The van der Waals surface area contributed by atoms with E-state index in [0.717, 1.165) is 17.5 Å². The molecule has 0 aromatic heterocycles. The predicted octanol–water partition coefficient (Wildman–Crippen LogP) is 5.25. The molecule has 0 unspecified atom stereocenters. The molecule has 1 amide bonds. The van der Waals surface area contributed by atoms with Crippen molar-refractivity contribution in [1.82, 2.24) is 0 Å². The number of hydrogen-bond acceptors (Lipinski definition) is 4. The summed E-state index contributed by atoms with van der Waals surface area (Å²) in [5, 5.41) is 3.60. The Morgan fingerprint density at radius 1 is 1.19 bits per heavy atom. The van der Waals surface area contributed by atoms with Gasteiger partial charge in [-0.25, -0.2) is 0 Å². The lowest BCUT2D eigenvalue weighted by atomic mass is 10.0. The van der Waals surface area contributed by atoms with Crippen molar-refractivity contribution < 1.29 is 14.3 Å². The van der Waals surface area contributed by atoms with E-state index in [1.54, 1.807) is 24.3 Å². The highest BCUT2D eigenvalue weighted by molar-refractivity contribution is 8.00. The van der Waals surface area contributed by atoms with Crippen LogP contribution < -0.4 is 10.1 Å². The van der Waals surface area contributed by atoms with Gasteiger partial charge in [0.15, 0.2) is 12.9 Å². The van der Waals surface area contributed by atoms with Gasteiger partial charge in [-0.2, -0.15) is 0 Å². The van der Waals surface area contributed by atoms with E-state index in [1.165, 1.54) is 37.0 Å². The van der Waals surface area contributed by atoms with Gasteiger partial charge in [0, 0.05) is 15.8 Å². The molecule has 1 fully saturated rings. The average Bonchev–Trinajstić information content (AvgIpc) is 2.69. The van der Waals surface area contributed by atoms with Crippen molar-refractivity contribution in [1.29, 1.82) is 0 Å². The van der Waals surface area contributed by atoms with Gasteiger partial charge in [0.25, 0.3) is 5.91 Å². The standard InChI is InChI=1S/C22H25NO3S/c1-16-13-19(27-18-8-3-2-4-9-18)11-12-20(16)23-22(25)15-26-21-10-6-5-7-17(21)14-24/h5-7,10-14,18H,2-4,8-9,15H2,1H3,(H,23,25). The van der Waals surface area contributed by atoms with Gasteiger partial charge in [-0.3, -0.25) is 9.59 Å². The van der Waals surface area contributed by atoms with Crippen LogP contribution in [0.3, 0.4) is 0 Å². The molecule has 0 aliphatic heterocycles. The molecule has 3 rings (SSSR count). The lowest BCUT2D eigenvalue weighted by molar-refractivity contribution is -0.118. The molecule has 4 nitrogen and oxygen atoms in total. The van der Waals surface area contributed by atoms with Crippen LogP contribution in [-0.2, 0) is 4.79 Å². The molecular formula is C22H25NO3S. The highest BCUT2D eigenvalue weighted by Crippen LogP contribution is 2.34. The van der Waals surface area contributed by atoms with Crippen LogP contribution in [0.1, 0.15) is 48.0 Å². The van der Waals surface area contributed by atoms with E-state index in [9.17, 15) is 9.59 Å². The number of thioether (sulfide) groups is 1. The highest BCUT2D eigenvalue weighted by Gasteiger charge is 2.15. The molecule has 0 radical (unpaired) electrons. The van der Waals surface area contributed by atoms with Gasteiger partial charge in [-0.15, -0.1) is 11.8 Å². The van der Waals surface area contributed by atoms with Crippen LogP contribution in [0, 0.1) is 6.92 Å². The summed E-state index contributed by atoms with van der Waals surface area (Å²) in [5.41, 5.74) is 2.27. The molecule has 1 aliphatic rings. The van der Waals surface area contributed by atoms with E-state index in [1.807, 2.05) is 24.8 Å². The van der Waals surface area contributed by atoms with Gasteiger partial charge >= 0.3 is 0 Å². The van der Waals surface area contributed by atoms with Crippen LogP contribution in [0.15, 0.2) is 47.4 Å². The lowest BCUT2D eigenvalue weighted by Crippen LogP contribution is -2.21. The van der Waals surface area contributed by atoms with E-state index in [2.05, 4.69) is 17.4 Å². The first kappa shape index (κ1) is 19.5. The van der Waals surface area contributed by atoms with Crippen LogP contribution in [0.2, 0.25) is 0 Å². The lowest BCUT2D eigenvalue weighted by Gasteiger charge is -2.21. The number of carbonyl (C=O) groups excluding carboxylic acids is 2. The van der Waals surface area contributed by atoms with Gasteiger partial charge in [0.1, 0.15) is 5.75 Å². The molecular weight excluding hydrogens is 358 g/mol. The summed E-state index contributed by atoms with van der Waals surface area (Å²) in [4.78, 5) is 24.5. The molecule has 5 heteroatoms. The summed E-state index contributed by atoms with van der Waals surface area (Å²) >= 11 is 1.95. The molecule has 0 atom stereocenters. The third-order valence-corrected chi connectivity index (χ3v) is 6.06. The topological polar surface area (TPSA) is 55.4 Å². The van der Waals surface area contributed by atoms with Crippen molar-refractivity contribution in [3.05, 3.63) is 53.6 Å². The quantitative estimate of drug-likeness (QED) is 0.664. The third kappa shape index (κ3) is 5.60. The normalized spacial score (nSPS) is 14.6. The monoisotopic (exact) mass is 383 g/mol. The van der Waals surface area contributed by atoms with Crippen LogP contribution in [0.25, 0.3) is 0 Å². The van der Waals surface area contributed by atoms with Crippen LogP contribution >= 0.6 is 11.8 Å². The molecule has 0 spiro atoms. The van der Waals surface area contributed by atoms with Crippen molar-refractivity contribution in [3.8, 4) is 5.75 Å². The number of anilines is 1. The maximum Gasteiger partial charge on any atom is 0.262 e. The number of benzene rings is 2. The summed E-state index contributed by atoms with van der Waals surface area (Å²) in [6.07, 6.45) is 7.33. The molecule has 2 aromatic carbocycles. The maximum atomic E-state index is 12.2. The first-order valence-electron chi connectivity index (χ1n) is 9.40. The molecule has 1 saturated carbocycles. The number of para-hydroxylation sites is 1. The van der Waals surface area contributed by atoms with E-state index < -0.39 is 0 Å². The number of rotatable bonds is 7. The Labute approximate surface area is 164 Å². The summed E-state index contributed by atoms with van der Waals surface area (Å²) in [7, 11) is 0.